The Balaban J connectivity index is 2.36. The van der Waals surface area contributed by atoms with E-state index in [9.17, 15) is 4.79 Å². The molecule has 1 aromatic heterocycles. The SMILES string of the molecule is [2H]C1CCC(CC)(c2ccncc2)C(=O)N1. The van der Waals surface area contributed by atoms with Gasteiger partial charge in [0, 0.05) is 20.3 Å². The van der Waals surface area contributed by atoms with E-state index in [0.717, 1.165) is 18.4 Å². The Labute approximate surface area is 91.3 Å². The van der Waals surface area contributed by atoms with Crippen LogP contribution in [0.1, 0.15) is 33.1 Å². The van der Waals surface area contributed by atoms with E-state index in [0.29, 0.717) is 6.42 Å². The molecule has 15 heavy (non-hydrogen) atoms. The predicted octanol–water partition coefficient (Wildman–Crippen LogP) is 1.64. The molecule has 1 aliphatic rings. The van der Waals surface area contributed by atoms with Crippen molar-refractivity contribution < 1.29 is 6.17 Å². The van der Waals surface area contributed by atoms with Crippen LogP contribution in [0, 0.1) is 0 Å². The van der Waals surface area contributed by atoms with Crippen molar-refractivity contribution in [3.63, 3.8) is 0 Å². The standard InChI is InChI=1S/C12H16N2O/c1-2-12(6-3-7-14-11(12)15)10-4-8-13-9-5-10/h4-5,8-9H,2-3,6-7H2,1H3,(H,14,15)/i7D. The molecule has 80 valence electrons. The van der Waals surface area contributed by atoms with Gasteiger partial charge >= 0.3 is 0 Å². The van der Waals surface area contributed by atoms with Gasteiger partial charge < -0.3 is 5.32 Å². The fourth-order valence-electron chi connectivity index (χ4n) is 2.22. The van der Waals surface area contributed by atoms with Crippen LogP contribution in [-0.2, 0) is 10.2 Å². The first-order valence-corrected chi connectivity index (χ1v) is 5.33. The summed E-state index contributed by atoms with van der Waals surface area (Å²) >= 11 is 0. The quantitative estimate of drug-likeness (QED) is 0.797. The first-order valence-electron chi connectivity index (χ1n) is 5.90. The molecule has 3 nitrogen and oxygen atoms in total. The van der Waals surface area contributed by atoms with Crippen LogP contribution in [0.15, 0.2) is 24.5 Å². The Kier molecular flexibility index (Phi) is 2.38. The van der Waals surface area contributed by atoms with Gasteiger partial charge in [-0.1, -0.05) is 6.92 Å². The van der Waals surface area contributed by atoms with Gasteiger partial charge in [-0.05, 0) is 37.0 Å². The number of carbonyl (C=O) groups excluding carboxylic acids is 1. The third kappa shape index (κ3) is 1.62. The minimum absolute atomic E-state index is 0.0209. The van der Waals surface area contributed by atoms with Crippen LogP contribution in [-0.4, -0.2) is 17.4 Å². The number of hydrogen-bond donors (Lipinski definition) is 1. The molecule has 1 aromatic rings. The number of pyridine rings is 1. The maximum Gasteiger partial charge on any atom is 0.230 e. The molecular weight excluding hydrogens is 188 g/mol. The Bertz CT molecular complexity index is 382. The largest absolute Gasteiger partial charge is 0.355 e. The zero-order valence-corrected chi connectivity index (χ0v) is 8.86. The fourth-order valence-corrected chi connectivity index (χ4v) is 2.22. The fraction of sp³-hybridized carbons (Fsp3) is 0.500. The highest BCUT2D eigenvalue weighted by Crippen LogP contribution is 2.34. The summed E-state index contributed by atoms with van der Waals surface area (Å²) in [7, 11) is 0. The number of aromatic nitrogens is 1. The smallest absolute Gasteiger partial charge is 0.230 e. The van der Waals surface area contributed by atoms with E-state index in [1.54, 1.807) is 12.4 Å². The number of hydrogen-bond acceptors (Lipinski definition) is 2. The van der Waals surface area contributed by atoms with Crippen LogP contribution in [0.25, 0.3) is 0 Å². The van der Waals surface area contributed by atoms with Crippen LogP contribution in [0.4, 0.5) is 0 Å². The van der Waals surface area contributed by atoms with Gasteiger partial charge in [-0.3, -0.25) is 9.78 Å². The molecule has 2 rings (SSSR count). The number of rotatable bonds is 2. The van der Waals surface area contributed by atoms with Crippen molar-refractivity contribution in [2.45, 2.75) is 31.6 Å². The molecule has 1 fully saturated rings. The Hall–Kier alpha value is -1.38. The van der Waals surface area contributed by atoms with E-state index in [2.05, 4.69) is 10.3 Å². The van der Waals surface area contributed by atoms with E-state index in [4.69, 9.17) is 1.37 Å². The van der Waals surface area contributed by atoms with Crippen molar-refractivity contribution >= 4 is 5.91 Å². The van der Waals surface area contributed by atoms with Crippen molar-refractivity contribution in [1.82, 2.24) is 10.3 Å². The number of piperidine rings is 1. The number of nitrogens with one attached hydrogen (secondary N) is 1. The van der Waals surface area contributed by atoms with E-state index in [1.807, 2.05) is 19.1 Å². The lowest BCUT2D eigenvalue weighted by atomic mass is 9.72. The van der Waals surface area contributed by atoms with Crippen molar-refractivity contribution in [2.75, 3.05) is 6.52 Å². The summed E-state index contributed by atoms with van der Waals surface area (Å²) in [6.07, 6.45) is 5.64. The third-order valence-electron chi connectivity index (χ3n) is 3.22. The van der Waals surface area contributed by atoms with Gasteiger partial charge in [0.05, 0.1) is 5.41 Å². The summed E-state index contributed by atoms with van der Waals surface area (Å²) in [4.78, 5) is 16.1. The van der Waals surface area contributed by atoms with Crippen LogP contribution < -0.4 is 5.32 Å². The maximum absolute atomic E-state index is 12.1. The van der Waals surface area contributed by atoms with Crippen molar-refractivity contribution in [3.05, 3.63) is 30.1 Å². The lowest BCUT2D eigenvalue weighted by Crippen LogP contribution is -2.48. The Morgan fingerprint density at radius 3 is 2.93 bits per heavy atom. The van der Waals surface area contributed by atoms with Crippen molar-refractivity contribution in [1.29, 1.82) is 0 Å². The average molecular weight is 205 g/mol. The Morgan fingerprint density at radius 2 is 2.33 bits per heavy atom. The lowest BCUT2D eigenvalue weighted by Gasteiger charge is -2.35. The molecule has 1 saturated heterocycles. The maximum atomic E-state index is 12.1. The topological polar surface area (TPSA) is 42.0 Å². The van der Waals surface area contributed by atoms with E-state index in [1.165, 1.54) is 0 Å². The molecule has 0 spiro atoms. The second-order valence-corrected chi connectivity index (χ2v) is 3.89. The summed E-state index contributed by atoms with van der Waals surface area (Å²) < 4.78 is 7.57. The average Bonchev–Trinajstić information content (AvgIpc) is 2.31. The zero-order valence-electron chi connectivity index (χ0n) is 9.86. The van der Waals surface area contributed by atoms with Crippen LogP contribution in [0.5, 0.6) is 0 Å². The summed E-state index contributed by atoms with van der Waals surface area (Å²) in [6.45, 7) is 1.57. The monoisotopic (exact) mass is 205 g/mol. The Morgan fingerprint density at radius 1 is 1.60 bits per heavy atom. The molecule has 0 aliphatic carbocycles. The van der Waals surface area contributed by atoms with Gasteiger partial charge in [0.1, 0.15) is 0 Å². The van der Waals surface area contributed by atoms with Crippen molar-refractivity contribution in [3.8, 4) is 0 Å². The highest BCUT2D eigenvalue weighted by atomic mass is 16.2. The second-order valence-electron chi connectivity index (χ2n) is 3.89. The highest BCUT2D eigenvalue weighted by Gasteiger charge is 2.39. The molecule has 0 bridgehead atoms. The van der Waals surface area contributed by atoms with Gasteiger partial charge in [-0.15, -0.1) is 0 Å². The first kappa shape index (κ1) is 8.89. The number of carbonyl (C=O) groups is 1. The first-order chi connectivity index (χ1) is 7.69. The zero-order chi connectivity index (χ0) is 11.6. The van der Waals surface area contributed by atoms with Gasteiger partial charge in [-0.2, -0.15) is 0 Å². The molecule has 0 radical (unpaired) electrons. The molecule has 1 aliphatic heterocycles. The molecule has 2 atom stereocenters. The minimum Gasteiger partial charge on any atom is -0.355 e. The number of nitrogens with zero attached hydrogens (tertiary/aromatic N) is 1. The highest BCUT2D eigenvalue weighted by molar-refractivity contribution is 5.88. The summed E-state index contributed by atoms with van der Waals surface area (Å²) in [5, 5.41) is 2.73. The van der Waals surface area contributed by atoms with E-state index in [-0.39, 0.29) is 5.91 Å². The molecule has 3 heteroatoms. The molecule has 0 saturated carbocycles. The van der Waals surface area contributed by atoms with E-state index < -0.39 is 11.9 Å². The molecule has 1 amide bonds. The van der Waals surface area contributed by atoms with E-state index >= 15 is 0 Å². The minimum atomic E-state index is -0.458. The molecule has 1 N–H and O–H groups in total. The second kappa shape index (κ2) is 4.01. The lowest BCUT2D eigenvalue weighted by molar-refractivity contribution is -0.128. The van der Waals surface area contributed by atoms with Crippen molar-refractivity contribution in [2.24, 2.45) is 0 Å². The molecule has 0 aromatic carbocycles. The van der Waals surface area contributed by atoms with Crippen LogP contribution in [0.3, 0.4) is 0 Å². The van der Waals surface area contributed by atoms with Gasteiger partial charge in [0.25, 0.3) is 0 Å². The molecular formula is C12H16N2O. The summed E-state index contributed by atoms with van der Waals surface area (Å²) in [5.74, 6) is -0.0209. The predicted molar refractivity (Wildman–Crippen MR) is 58.4 cm³/mol. The van der Waals surface area contributed by atoms with Gasteiger partial charge in [0.2, 0.25) is 5.91 Å². The van der Waals surface area contributed by atoms with Crippen LogP contribution >= 0.6 is 0 Å². The molecule has 2 heterocycles. The summed E-state index contributed by atoms with van der Waals surface area (Å²) in [5.41, 5.74) is 0.551. The molecule has 2 unspecified atom stereocenters. The number of amides is 1. The third-order valence-corrected chi connectivity index (χ3v) is 3.22. The van der Waals surface area contributed by atoms with Crippen LogP contribution in [0.2, 0.25) is 0 Å². The van der Waals surface area contributed by atoms with Gasteiger partial charge in [0.15, 0.2) is 0 Å². The summed E-state index contributed by atoms with van der Waals surface area (Å²) in [6, 6.07) is 3.79. The normalized spacial score (nSPS) is 31.9. The van der Waals surface area contributed by atoms with Gasteiger partial charge in [-0.25, -0.2) is 0 Å².